The van der Waals surface area contributed by atoms with Crippen molar-refractivity contribution in [1.29, 1.82) is 0 Å². The highest BCUT2D eigenvalue weighted by Gasteiger charge is 2.31. The van der Waals surface area contributed by atoms with Crippen molar-refractivity contribution < 1.29 is 9.90 Å². The predicted octanol–water partition coefficient (Wildman–Crippen LogP) is 2.34. The zero-order chi connectivity index (χ0) is 14.0. The molecule has 1 unspecified atom stereocenters. The number of carboxylic acids is 1. The van der Waals surface area contributed by atoms with E-state index in [0.717, 1.165) is 16.7 Å². The molecular weight excluding hydrogens is 308 g/mol. The lowest BCUT2D eigenvalue weighted by Crippen LogP contribution is -2.46. The average molecular weight is 327 g/mol. The number of nitrogens with zero attached hydrogens (tertiary/aromatic N) is 1. The molecule has 19 heavy (non-hydrogen) atoms. The van der Waals surface area contributed by atoms with Crippen molar-refractivity contribution in [2.45, 2.75) is 19.4 Å². The van der Waals surface area contributed by atoms with Gasteiger partial charge in [-0.3, -0.25) is 4.79 Å². The minimum absolute atomic E-state index is 0.105. The first-order valence-corrected chi connectivity index (χ1v) is 7.15. The van der Waals surface area contributed by atoms with Crippen LogP contribution in [-0.2, 0) is 4.79 Å². The number of carbonyl (C=O) groups is 1. The van der Waals surface area contributed by atoms with Crippen molar-refractivity contribution in [3.05, 3.63) is 28.7 Å². The molecule has 2 rings (SSSR count). The van der Waals surface area contributed by atoms with Crippen molar-refractivity contribution in [3.8, 4) is 0 Å². The number of carboxylic acid groups (broad SMARTS) is 1. The highest BCUT2D eigenvalue weighted by atomic mass is 79.9. The number of aliphatic carboxylic acids is 1. The zero-order valence-electron chi connectivity index (χ0n) is 11.2. The standard InChI is InChI=1S/C14H19BrN2O2/c1-14(2)9-17(8-10(7-16-14)13(18)19)12-5-3-4-11(15)6-12/h3-6,10,16H,7-9H2,1-2H3,(H,18,19). The first-order valence-electron chi connectivity index (χ1n) is 6.36. The van der Waals surface area contributed by atoms with Crippen LogP contribution in [0.5, 0.6) is 0 Å². The molecule has 0 amide bonds. The van der Waals surface area contributed by atoms with E-state index in [1.54, 1.807) is 0 Å². The van der Waals surface area contributed by atoms with E-state index in [1.807, 2.05) is 24.3 Å². The van der Waals surface area contributed by atoms with Gasteiger partial charge in [-0.25, -0.2) is 0 Å². The molecule has 5 heteroatoms. The molecule has 0 bridgehead atoms. The van der Waals surface area contributed by atoms with Crippen LogP contribution < -0.4 is 10.2 Å². The third-order valence-corrected chi connectivity index (χ3v) is 3.87. The molecule has 1 heterocycles. The maximum Gasteiger partial charge on any atom is 0.309 e. The highest BCUT2D eigenvalue weighted by molar-refractivity contribution is 9.10. The summed E-state index contributed by atoms with van der Waals surface area (Å²) in [7, 11) is 0. The molecule has 104 valence electrons. The molecule has 1 aliphatic heterocycles. The molecule has 1 fully saturated rings. The van der Waals surface area contributed by atoms with Crippen LogP contribution in [0.3, 0.4) is 0 Å². The molecule has 2 N–H and O–H groups in total. The van der Waals surface area contributed by atoms with Gasteiger partial charge in [-0.05, 0) is 32.0 Å². The largest absolute Gasteiger partial charge is 0.481 e. The van der Waals surface area contributed by atoms with Crippen molar-refractivity contribution in [2.24, 2.45) is 5.92 Å². The molecule has 0 saturated carbocycles. The molecule has 1 atom stereocenters. The predicted molar refractivity (Wildman–Crippen MR) is 79.6 cm³/mol. The number of nitrogens with one attached hydrogen (secondary N) is 1. The molecule has 1 aliphatic rings. The lowest BCUT2D eigenvalue weighted by molar-refractivity contribution is -0.141. The van der Waals surface area contributed by atoms with Crippen molar-refractivity contribution in [3.63, 3.8) is 0 Å². The molecule has 0 spiro atoms. The fraction of sp³-hybridized carbons (Fsp3) is 0.500. The van der Waals surface area contributed by atoms with E-state index < -0.39 is 5.97 Å². The Bertz CT molecular complexity index is 476. The lowest BCUT2D eigenvalue weighted by Gasteiger charge is -2.31. The second-order valence-corrected chi connectivity index (χ2v) is 6.58. The Balaban J connectivity index is 2.28. The van der Waals surface area contributed by atoms with Gasteiger partial charge in [0.05, 0.1) is 5.92 Å². The Labute approximate surface area is 121 Å². The third kappa shape index (κ3) is 3.70. The maximum atomic E-state index is 11.3. The van der Waals surface area contributed by atoms with Crippen LogP contribution in [0.4, 0.5) is 5.69 Å². The van der Waals surface area contributed by atoms with Crippen molar-refractivity contribution >= 4 is 27.6 Å². The minimum Gasteiger partial charge on any atom is -0.481 e. The Morgan fingerprint density at radius 2 is 2.26 bits per heavy atom. The second-order valence-electron chi connectivity index (χ2n) is 5.66. The molecule has 1 aromatic rings. The number of rotatable bonds is 2. The smallest absolute Gasteiger partial charge is 0.309 e. The van der Waals surface area contributed by atoms with E-state index in [-0.39, 0.29) is 11.5 Å². The highest BCUT2D eigenvalue weighted by Crippen LogP contribution is 2.24. The molecule has 1 aromatic carbocycles. The summed E-state index contributed by atoms with van der Waals surface area (Å²) >= 11 is 3.46. The number of halogens is 1. The summed E-state index contributed by atoms with van der Waals surface area (Å²) in [5, 5.41) is 12.6. The van der Waals surface area contributed by atoms with Gasteiger partial charge in [-0.15, -0.1) is 0 Å². The summed E-state index contributed by atoms with van der Waals surface area (Å²) in [4.78, 5) is 13.4. The number of hydrogen-bond donors (Lipinski definition) is 2. The van der Waals surface area contributed by atoms with Gasteiger partial charge in [-0.1, -0.05) is 22.0 Å². The van der Waals surface area contributed by atoms with Crippen LogP contribution in [0.15, 0.2) is 28.7 Å². The number of anilines is 1. The van der Waals surface area contributed by atoms with E-state index in [0.29, 0.717) is 13.1 Å². The van der Waals surface area contributed by atoms with Crippen LogP contribution in [0, 0.1) is 5.92 Å². The molecular formula is C14H19BrN2O2. The molecule has 0 radical (unpaired) electrons. The fourth-order valence-electron chi connectivity index (χ4n) is 2.36. The van der Waals surface area contributed by atoms with Crippen LogP contribution in [-0.4, -0.2) is 36.2 Å². The third-order valence-electron chi connectivity index (χ3n) is 3.38. The Morgan fingerprint density at radius 3 is 2.89 bits per heavy atom. The SMILES string of the molecule is CC1(C)CN(c2cccc(Br)c2)CC(C(=O)O)CN1. The fourth-order valence-corrected chi connectivity index (χ4v) is 2.75. The van der Waals surface area contributed by atoms with E-state index in [2.05, 4.69) is 40.0 Å². The average Bonchev–Trinajstić information content (AvgIpc) is 2.48. The van der Waals surface area contributed by atoms with Crippen LogP contribution in [0.25, 0.3) is 0 Å². The van der Waals surface area contributed by atoms with E-state index >= 15 is 0 Å². The summed E-state index contributed by atoms with van der Waals surface area (Å²) in [5.74, 6) is -1.13. The summed E-state index contributed by atoms with van der Waals surface area (Å²) in [6, 6.07) is 7.99. The van der Waals surface area contributed by atoms with Gasteiger partial charge in [0.15, 0.2) is 0 Å². The minimum atomic E-state index is -0.745. The molecule has 1 saturated heterocycles. The Hall–Kier alpha value is -1.07. The van der Waals surface area contributed by atoms with E-state index in [1.165, 1.54) is 0 Å². The van der Waals surface area contributed by atoms with Gasteiger partial charge in [0.1, 0.15) is 0 Å². The van der Waals surface area contributed by atoms with Gasteiger partial charge in [0.25, 0.3) is 0 Å². The van der Waals surface area contributed by atoms with Gasteiger partial charge < -0.3 is 15.3 Å². The summed E-state index contributed by atoms with van der Waals surface area (Å²) < 4.78 is 1.01. The molecule has 0 aliphatic carbocycles. The Kier molecular flexibility index (Phi) is 4.16. The summed E-state index contributed by atoms with van der Waals surface area (Å²) in [6.07, 6.45) is 0. The van der Waals surface area contributed by atoms with E-state index in [9.17, 15) is 9.90 Å². The van der Waals surface area contributed by atoms with Gasteiger partial charge in [-0.2, -0.15) is 0 Å². The van der Waals surface area contributed by atoms with E-state index in [4.69, 9.17) is 0 Å². The van der Waals surface area contributed by atoms with Gasteiger partial charge >= 0.3 is 5.97 Å². The lowest BCUT2D eigenvalue weighted by atomic mass is 10.1. The van der Waals surface area contributed by atoms with Crippen LogP contribution >= 0.6 is 15.9 Å². The van der Waals surface area contributed by atoms with Crippen molar-refractivity contribution in [2.75, 3.05) is 24.5 Å². The Morgan fingerprint density at radius 1 is 1.53 bits per heavy atom. The van der Waals surface area contributed by atoms with Crippen LogP contribution in [0.1, 0.15) is 13.8 Å². The first-order chi connectivity index (χ1) is 8.87. The molecule has 4 nitrogen and oxygen atoms in total. The molecule has 0 aromatic heterocycles. The topological polar surface area (TPSA) is 52.6 Å². The number of hydrogen-bond acceptors (Lipinski definition) is 3. The van der Waals surface area contributed by atoms with Crippen LogP contribution in [0.2, 0.25) is 0 Å². The van der Waals surface area contributed by atoms with Gasteiger partial charge in [0.2, 0.25) is 0 Å². The quantitative estimate of drug-likeness (QED) is 0.875. The summed E-state index contributed by atoms with van der Waals surface area (Å²) in [6.45, 7) is 6.02. The van der Waals surface area contributed by atoms with Crippen molar-refractivity contribution in [1.82, 2.24) is 5.32 Å². The maximum absolute atomic E-state index is 11.3. The second kappa shape index (κ2) is 5.51. The monoisotopic (exact) mass is 326 g/mol. The first kappa shape index (κ1) is 14.3. The normalized spacial score (nSPS) is 22.9. The summed E-state index contributed by atoms with van der Waals surface area (Å²) in [5.41, 5.74) is 0.949. The number of benzene rings is 1. The zero-order valence-corrected chi connectivity index (χ0v) is 12.8. The van der Waals surface area contributed by atoms with Gasteiger partial charge in [0, 0.05) is 35.3 Å².